The largest absolute Gasteiger partial charge is 0.481 e. The monoisotopic (exact) mass is 356 g/mol. The summed E-state index contributed by atoms with van der Waals surface area (Å²) in [5, 5.41) is 9.50. The molecule has 0 saturated heterocycles. The molecule has 0 spiro atoms. The highest BCUT2D eigenvalue weighted by Gasteiger charge is 2.14. The van der Waals surface area contributed by atoms with Crippen LogP contribution in [0.1, 0.15) is 36.0 Å². The first kappa shape index (κ1) is 17.4. The summed E-state index contributed by atoms with van der Waals surface area (Å²) in [7, 11) is 0. The highest BCUT2D eigenvalue weighted by Crippen LogP contribution is 2.23. The zero-order chi connectivity index (χ0) is 17.8. The van der Waals surface area contributed by atoms with E-state index in [4.69, 9.17) is 10.1 Å². The second-order valence-electron chi connectivity index (χ2n) is 5.93. The number of carboxylic acid groups (broad SMARTS) is 1. The third-order valence-electron chi connectivity index (χ3n) is 4.11. The van der Waals surface area contributed by atoms with Crippen molar-refractivity contribution < 1.29 is 9.90 Å². The lowest BCUT2D eigenvalue weighted by atomic mass is 10.1. The number of rotatable bonds is 7. The maximum Gasteiger partial charge on any atom is 0.303 e. The minimum atomic E-state index is -0.851. The van der Waals surface area contributed by atoms with Crippen LogP contribution in [-0.4, -0.2) is 20.6 Å². The summed E-state index contributed by atoms with van der Waals surface area (Å²) in [5.41, 5.74) is 1.00. The molecule has 0 radical (unpaired) electrons. The van der Waals surface area contributed by atoms with Crippen LogP contribution in [0.15, 0.2) is 41.2 Å². The van der Waals surface area contributed by atoms with E-state index in [1.54, 1.807) is 15.9 Å². The molecular formula is C19H20N2O3S. The van der Waals surface area contributed by atoms with E-state index in [0.29, 0.717) is 30.6 Å². The van der Waals surface area contributed by atoms with E-state index < -0.39 is 5.97 Å². The highest BCUT2D eigenvalue weighted by atomic mass is 32.1. The van der Waals surface area contributed by atoms with Gasteiger partial charge in [0.05, 0.1) is 5.39 Å². The van der Waals surface area contributed by atoms with Gasteiger partial charge in [0.15, 0.2) is 0 Å². The standard InChI is InChI=1S/C19H20N2O3S/c1-2-14-12-15-18(25-14)20-16(11-13-7-4-3-5-8-13)21(19(15)24)10-6-9-17(22)23/h3-5,7-8,12H,2,6,9-11H2,1H3,(H,22,23). The van der Waals surface area contributed by atoms with E-state index in [-0.39, 0.29) is 12.0 Å². The summed E-state index contributed by atoms with van der Waals surface area (Å²) in [6.45, 7) is 2.43. The first-order chi connectivity index (χ1) is 12.1. The van der Waals surface area contributed by atoms with Gasteiger partial charge in [0.2, 0.25) is 0 Å². The lowest BCUT2D eigenvalue weighted by Gasteiger charge is -2.12. The smallest absolute Gasteiger partial charge is 0.303 e. The molecule has 3 aromatic rings. The second-order valence-corrected chi connectivity index (χ2v) is 7.04. The van der Waals surface area contributed by atoms with E-state index in [1.807, 2.05) is 36.4 Å². The van der Waals surface area contributed by atoms with Gasteiger partial charge >= 0.3 is 5.97 Å². The van der Waals surface area contributed by atoms with Crippen molar-refractivity contribution in [2.45, 2.75) is 39.2 Å². The van der Waals surface area contributed by atoms with Crippen LogP contribution in [0.3, 0.4) is 0 Å². The van der Waals surface area contributed by atoms with Crippen LogP contribution in [0, 0.1) is 0 Å². The number of thiophene rings is 1. The van der Waals surface area contributed by atoms with Crippen molar-refractivity contribution in [1.29, 1.82) is 0 Å². The molecule has 0 aliphatic rings. The molecule has 1 aromatic carbocycles. The summed E-state index contributed by atoms with van der Waals surface area (Å²) in [6.07, 6.45) is 1.88. The first-order valence-electron chi connectivity index (χ1n) is 8.36. The molecule has 3 rings (SSSR count). The first-order valence-corrected chi connectivity index (χ1v) is 9.18. The van der Waals surface area contributed by atoms with Crippen molar-refractivity contribution in [2.24, 2.45) is 0 Å². The number of hydrogen-bond donors (Lipinski definition) is 1. The predicted octanol–water partition coefficient (Wildman–Crippen LogP) is 3.48. The molecule has 2 heterocycles. The van der Waals surface area contributed by atoms with Crippen LogP contribution >= 0.6 is 11.3 Å². The Morgan fingerprint density at radius 3 is 2.72 bits per heavy atom. The number of benzene rings is 1. The zero-order valence-electron chi connectivity index (χ0n) is 14.1. The molecule has 0 fully saturated rings. The summed E-state index contributed by atoms with van der Waals surface area (Å²) >= 11 is 1.56. The maximum absolute atomic E-state index is 12.9. The number of hydrogen-bond acceptors (Lipinski definition) is 4. The summed E-state index contributed by atoms with van der Waals surface area (Å²) in [6, 6.07) is 11.8. The summed E-state index contributed by atoms with van der Waals surface area (Å²) < 4.78 is 1.64. The molecule has 0 atom stereocenters. The van der Waals surface area contributed by atoms with Crippen molar-refractivity contribution in [2.75, 3.05) is 0 Å². The fourth-order valence-corrected chi connectivity index (χ4v) is 3.79. The molecule has 5 nitrogen and oxygen atoms in total. The lowest BCUT2D eigenvalue weighted by molar-refractivity contribution is -0.137. The number of aromatic nitrogens is 2. The van der Waals surface area contributed by atoms with Gasteiger partial charge in [-0.3, -0.25) is 14.2 Å². The normalized spacial score (nSPS) is 11.1. The molecule has 0 amide bonds. The van der Waals surface area contributed by atoms with Crippen LogP contribution in [0.2, 0.25) is 0 Å². The Labute approximate surface area is 149 Å². The average molecular weight is 356 g/mol. The van der Waals surface area contributed by atoms with Gasteiger partial charge in [0.25, 0.3) is 5.56 Å². The third-order valence-corrected chi connectivity index (χ3v) is 5.28. The average Bonchev–Trinajstić information content (AvgIpc) is 3.02. The molecule has 0 bridgehead atoms. The van der Waals surface area contributed by atoms with Crippen LogP contribution < -0.4 is 5.56 Å². The molecule has 6 heteroatoms. The Balaban J connectivity index is 2.04. The molecule has 2 aromatic heterocycles. The number of nitrogens with zero attached hydrogens (tertiary/aromatic N) is 2. The summed E-state index contributed by atoms with van der Waals surface area (Å²) in [5.74, 6) is -0.158. The van der Waals surface area contributed by atoms with E-state index in [1.165, 1.54) is 0 Å². The van der Waals surface area contributed by atoms with Crippen molar-refractivity contribution in [3.05, 3.63) is 63.0 Å². The Hall–Kier alpha value is -2.47. The fraction of sp³-hybridized carbons (Fsp3) is 0.316. The number of fused-ring (bicyclic) bond motifs is 1. The van der Waals surface area contributed by atoms with E-state index in [0.717, 1.165) is 21.7 Å². The number of aliphatic carboxylic acids is 1. The van der Waals surface area contributed by atoms with E-state index in [9.17, 15) is 9.59 Å². The highest BCUT2D eigenvalue weighted by molar-refractivity contribution is 7.18. The molecule has 1 N–H and O–H groups in total. The van der Waals surface area contributed by atoms with Gasteiger partial charge in [-0.05, 0) is 24.5 Å². The minimum Gasteiger partial charge on any atom is -0.481 e. The van der Waals surface area contributed by atoms with Crippen molar-refractivity contribution in [3.63, 3.8) is 0 Å². The quantitative estimate of drug-likeness (QED) is 0.703. The summed E-state index contributed by atoms with van der Waals surface area (Å²) in [4.78, 5) is 30.4. The van der Waals surface area contributed by atoms with E-state index >= 15 is 0 Å². The van der Waals surface area contributed by atoms with Crippen LogP contribution in [-0.2, 0) is 24.2 Å². The molecule has 0 aliphatic carbocycles. The molecule has 25 heavy (non-hydrogen) atoms. The second kappa shape index (κ2) is 7.61. The Kier molecular flexibility index (Phi) is 5.28. The van der Waals surface area contributed by atoms with Gasteiger partial charge in [-0.15, -0.1) is 11.3 Å². The Morgan fingerprint density at radius 1 is 1.28 bits per heavy atom. The predicted molar refractivity (Wildman–Crippen MR) is 99.4 cm³/mol. The van der Waals surface area contributed by atoms with Gasteiger partial charge in [0, 0.05) is 24.3 Å². The van der Waals surface area contributed by atoms with Crippen LogP contribution in [0.25, 0.3) is 10.2 Å². The van der Waals surface area contributed by atoms with Crippen molar-refractivity contribution in [3.8, 4) is 0 Å². The maximum atomic E-state index is 12.9. The van der Waals surface area contributed by atoms with Crippen molar-refractivity contribution >= 4 is 27.5 Å². The minimum absolute atomic E-state index is 0.0408. The third kappa shape index (κ3) is 3.96. The molecule has 0 aliphatic heterocycles. The number of carbonyl (C=O) groups is 1. The molecule has 0 saturated carbocycles. The topological polar surface area (TPSA) is 72.2 Å². The van der Waals surface area contributed by atoms with Crippen molar-refractivity contribution in [1.82, 2.24) is 9.55 Å². The fourth-order valence-electron chi connectivity index (χ4n) is 2.81. The zero-order valence-corrected chi connectivity index (χ0v) is 14.9. The SMILES string of the molecule is CCc1cc2c(=O)n(CCCC(=O)O)c(Cc3ccccc3)nc2s1. The van der Waals surface area contributed by atoms with Gasteiger partial charge in [-0.2, -0.15) is 0 Å². The number of aryl methyl sites for hydroxylation is 1. The van der Waals surface area contributed by atoms with Gasteiger partial charge in [-0.1, -0.05) is 37.3 Å². The Bertz CT molecular complexity index is 944. The van der Waals surface area contributed by atoms with E-state index in [2.05, 4.69) is 6.92 Å². The van der Waals surface area contributed by atoms with Gasteiger partial charge in [0.1, 0.15) is 10.7 Å². The van der Waals surface area contributed by atoms with Gasteiger partial charge < -0.3 is 5.11 Å². The molecular weight excluding hydrogens is 336 g/mol. The Morgan fingerprint density at radius 2 is 2.04 bits per heavy atom. The van der Waals surface area contributed by atoms with Gasteiger partial charge in [-0.25, -0.2) is 4.98 Å². The van der Waals surface area contributed by atoms with Crippen LogP contribution in [0.5, 0.6) is 0 Å². The molecule has 130 valence electrons. The molecule has 0 unspecified atom stereocenters. The van der Waals surface area contributed by atoms with Crippen LogP contribution in [0.4, 0.5) is 0 Å². The lowest BCUT2D eigenvalue weighted by Crippen LogP contribution is -2.25. The number of carboxylic acids is 1.